The van der Waals surface area contributed by atoms with E-state index in [4.69, 9.17) is 21.1 Å². The number of carbonyl (C=O) groups is 1. The molecule has 1 fully saturated rings. The smallest absolute Gasteiger partial charge is 0.260 e. The molecule has 0 saturated carbocycles. The van der Waals surface area contributed by atoms with Crippen molar-refractivity contribution in [2.24, 2.45) is 5.10 Å². The number of hydrazone groups is 1. The van der Waals surface area contributed by atoms with Gasteiger partial charge in [0, 0.05) is 13.1 Å². The predicted octanol–water partition coefficient (Wildman–Crippen LogP) is 4.58. The number of ether oxygens (including phenoxy) is 2. The number of likely N-dealkylation sites (tertiary alicyclic amines) is 1. The number of hydrogen-bond acceptors (Lipinski definition) is 5. The zero-order chi connectivity index (χ0) is 20.5. The third-order valence-corrected chi connectivity index (χ3v) is 4.93. The Morgan fingerprint density at radius 2 is 1.93 bits per heavy atom. The normalized spacial score (nSPS) is 14.1. The second kappa shape index (κ2) is 10.7. The van der Waals surface area contributed by atoms with Gasteiger partial charge in [-0.1, -0.05) is 23.7 Å². The quantitative estimate of drug-likeness (QED) is 0.506. The summed E-state index contributed by atoms with van der Waals surface area (Å²) in [7, 11) is 0. The molecule has 1 aliphatic heterocycles. The Balaban J connectivity index is 1.62. The van der Waals surface area contributed by atoms with Gasteiger partial charge >= 0.3 is 0 Å². The first kappa shape index (κ1) is 21.0. The summed E-state index contributed by atoms with van der Waals surface area (Å²) in [6, 6.07) is 12.9. The number of benzene rings is 2. The van der Waals surface area contributed by atoms with Gasteiger partial charge in [-0.05, 0) is 62.1 Å². The molecule has 0 radical (unpaired) electrons. The Hall–Kier alpha value is -2.73. The largest absolute Gasteiger partial charge is 0.490 e. The highest BCUT2D eigenvalue weighted by Crippen LogP contribution is 2.28. The third kappa shape index (κ3) is 6.12. The Morgan fingerprint density at radius 3 is 2.69 bits per heavy atom. The van der Waals surface area contributed by atoms with E-state index in [9.17, 15) is 4.79 Å². The molecule has 0 spiro atoms. The Bertz CT molecular complexity index is 851. The van der Waals surface area contributed by atoms with Crippen LogP contribution in [0.1, 0.15) is 31.7 Å². The summed E-state index contributed by atoms with van der Waals surface area (Å²) in [6.45, 7) is 4.04. The van der Waals surface area contributed by atoms with E-state index >= 15 is 0 Å². The van der Waals surface area contributed by atoms with Crippen LogP contribution in [0, 0.1) is 0 Å². The van der Waals surface area contributed by atoms with Crippen molar-refractivity contribution in [2.75, 3.05) is 31.7 Å². The minimum Gasteiger partial charge on any atom is -0.490 e. The van der Waals surface area contributed by atoms with E-state index in [0.29, 0.717) is 23.1 Å². The third-order valence-electron chi connectivity index (χ3n) is 4.60. The molecule has 3 rings (SSSR count). The fraction of sp³-hybridized carbons (Fsp3) is 0.364. The van der Waals surface area contributed by atoms with Crippen molar-refractivity contribution >= 4 is 29.4 Å². The van der Waals surface area contributed by atoms with Crippen LogP contribution in [0.3, 0.4) is 0 Å². The lowest BCUT2D eigenvalue weighted by Gasteiger charge is -2.26. The van der Waals surface area contributed by atoms with E-state index in [1.54, 1.807) is 18.3 Å². The average molecular weight is 416 g/mol. The first-order valence-electron chi connectivity index (χ1n) is 9.88. The zero-order valence-electron chi connectivity index (χ0n) is 16.6. The number of para-hydroxylation sites is 1. The van der Waals surface area contributed by atoms with Crippen molar-refractivity contribution in [2.45, 2.75) is 26.2 Å². The molecule has 154 valence electrons. The number of nitrogens with one attached hydrogen (secondary N) is 1. The number of nitrogens with zero attached hydrogens (tertiary/aromatic N) is 2. The molecule has 0 bridgehead atoms. The molecular formula is C22H26ClN3O3. The molecule has 1 amide bonds. The summed E-state index contributed by atoms with van der Waals surface area (Å²) < 4.78 is 11.4. The number of anilines is 1. The van der Waals surface area contributed by atoms with Gasteiger partial charge in [-0.3, -0.25) is 10.2 Å². The van der Waals surface area contributed by atoms with Crippen LogP contribution in [-0.2, 0) is 4.79 Å². The van der Waals surface area contributed by atoms with Crippen LogP contribution in [0.25, 0.3) is 0 Å². The van der Waals surface area contributed by atoms with Crippen molar-refractivity contribution in [1.29, 1.82) is 0 Å². The number of carbonyl (C=O) groups excluding carboxylic acids is 1. The first-order valence-corrected chi connectivity index (χ1v) is 10.3. The van der Waals surface area contributed by atoms with Gasteiger partial charge in [0.1, 0.15) is 0 Å². The van der Waals surface area contributed by atoms with E-state index < -0.39 is 0 Å². The van der Waals surface area contributed by atoms with Crippen molar-refractivity contribution in [3.05, 3.63) is 53.1 Å². The molecule has 2 aromatic rings. The number of hydrogen-bond donors (Lipinski definition) is 1. The predicted molar refractivity (Wildman–Crippen MR) is 116 cm³/mol. The fourth-order valence-electron chi connectivity index (χ4n) is 3.09. The molecule has 2 aromatic carbocycles. The number of piperidine rings is 1. The molecular weight excluding hydrogens is 390 g/mol. The molecule has 7 heteroatoms. The molecule has 29 heavy (non-hydrogen) atoms. The average Bonchev–Trinajstić information content (AvgIpc) is 2.75. The highest BCUT2D eigenvalue weighted by atomic mass is 35.5. The van der Waals surface area contributed by atoms with E-state index in [2.05, 4.69) is 10.5 Å². The minimum absolute atomic E-state index is 0.0154. The monoisotopic (exact) mass is 415 g/mol. The number of halogens is 1. The molecule has 1 heterocycles. The lowest BCUT2D eigenvalue weighted by molar-refractivity contribution is -0.134. The van der Waals surface area contributed by atoms with Crippen molar-refractivity contribution in [3.8, 4) is 11.5 Å². The Morgan fingerprint density at radius 1 is 1.14 bits per heavy atom. The zero-order valence-corrected chi connectivity index (χ0v) is 17.3. The van der Waals surface area contributed by atoms with Crippen molar-refractivity contribution in [1.82, 2.24) is 4.90 Å². The van der Waals surface area contributed by atoms with Gasteiger partial charge in [-0.15, -0.1) is 0 Å². The van der Waals surface area contributed by atoms with E-state index in [1.807, 2.05) is 42.2 Å². The standard InChI is InChI=1S/C22H26ClN3O3/c1-2-28-21-14-17(15-24-25-19-9-5-4-8-18(19)23)10-11-20(21)29-16-22(27)26-12-6-3-7-13-26/h4-5,8-11,14-15,25H,2-3,6-7,12-13,16H2,1H3/b24-15-. The molecule has 0 atom stereocenters. The SMILES string of the molecule is CCOc1cc(/C=N\Nc2ccccc2Cl)ccc1OCC(=O)N1CCCCC1. The fourth-order valence-corrected chi connectivity index (χ4v) is 3.27. The van der Waals surface area contributed by atoms with Crippen LogP contribution in [0.15, 0.2) is 47.6 Å². The minimum atomic E-state index is 0.0154. The maximum atomic E-state index is 12.3. The van der Waals surface area contributed by atoms with Crippen LogP contribution in [0.2, 0.25) is 5.02 Å². The van der Waals surface area contributed by atoms with E-state index in [0.717, 1.165) is 37.2 Å². The summed E-state index contributed by atoms with van der Waals surface area (Å²) in [6.07, 6.45) is 4.99. The van der Waals surface area contributed by atoms with Gasteiger partial charge < -0.3 is 14.4 Å². The van der Waals surface area contributed by atoms with E-state index in [1.165, 1.54) is 6.42 Å². The van der Waals surface area contributed by atoms with Gasteiger partial charge in [-0.25, -0.2) is 0 Å². The van der Waals surface area contributed by atoms with Crippen LogP contribution < -0.4 is 14.9 Å². The summed E-state index contributed by atoms with van der Waals surface area (Å²) in [5.74, 6) is 1.15. The lowest BCUT2D eigenvalue weighted by Crippen LogP contribution is -2.38. The van der Waals surface area contributed by atoms with Crippen LogP contribution in [0.5, 0.6) is 11.5 Å². The molecule has 0 aliphatic carbocycles. The molecule has 0 aromatic heterocycles. The molecule has 6 nitrogen and oxygen atoms in total. The first-order chi connectivity index (χ1) is 14.2. The van der Waals surface area contributed by atoms with Gasteiger partial charge in [0.2, 0.25) is 0 Å². The maximum absolute atomic E-state index is 12.3. The second-order valence-corrected chi connectivity index (χ2v) is 7.13. The van der Waals surface area contributed by atoms with Crippen molar-refractivity contribution < 1.29 is 14.3 Å². The summed E-state index contributed by atoms with van der Waals surface area (Å²) in [5.41, 5.74) is 4.48. The lowest BCUT2D eigenvalue weighted by atomic mass is 10.1. The highest BCUT2D eigenvalue weighted by Gasteiger charge is 2.17. The van der Waals surface area contributed by atoms with Crippen LogP contribution >= 0.6 is 11.6 Å². The summed E-state index contributed by atoms with van der Waals surface area (Å²) >= 11 is 6.11. The van der Waals surface area contributed by atoms with Crippen molar-refractivity contribution in [3.63, 3.8) is 0 Å². The topological polar surface area (TPSA) is 63.2 Å². The molecule has 1 N–H and O–H groups in total. The van der Waals surface area contributed by atoms with Gasteiger partial charge in [0.15, 0.2) is 18.1 Å². The summed E-state index contributed by atoms with van der Waals surface area (Å²) in [5, 5.41) is 4.82. The number of rotatable bonds is 8. The van der Waals surface area contributed by atoms with Crippen LogP contribution in [0.4, 0.5) is 5.69 Å². The Labute approximate surface area is 176 Å². The number of amides is 1. The van der Waals surface area contributed by atoms with E-state index in [-0.39, 0.29) is 12.5 Å². The van der Waals surface area contributed by atoms with Crippen LogP contribution in [-0.4, -0.2) is 43.3 Å². The summed E-state index contributed by atoms with van der Waals surface area (Å²) in [4.78, 5) is 14.2. The molecule has 1 aliphatic rings. The second-order valence-electron chi connectivity index (χ2n) is 6.72. The van der Waals surface area contributed by atoms with Gasteiger partial charge in [-0.2, -0.15) is 5.10 Å². The maximum Gasteiger partial charge on any atom is 0.260 e. The Kier molecular flexibility index (Phi) is 7.76. The van der Waals surface area contributed by atoms with Gasteiger partial charge in [0.05, 0.1) is 23.5 Å². The van der Waals surface area contributed by atoms with Gasteiger partial charge in [0.25, 0.3) is 5.91 Å². The molecule has 1 saturated heterocycles. The molecule has 0 unspecified atom stereocenters. The highest BCUT2D eigenvalue weighted by molar-refractivity contribution is 6.33.